The Hall–Kier alpha value is -2.04. The lowest BCUT2D eigenvalue weighted by Crippen LogP contribution is -2.34. The summed E-state index contributed by atoms with van der Waals surface area (Å²) in [4.78, 5) is 20.9. The quantitative estimate of drug-likeness (QED) is 0.857. The van der Waals surface area contributed by atoms with E-state index in [2.05, 4.69) is 9.97 Å². The van der Waals surface area contributed by atoms with Gasteiger partial charge in [0.2, 0.25) is 0 Å². The van der Waals surface area contributed by atoms with Crippen molar-refractivity contribution >= 4 is 22.8 Å². The molecule has 0 spiro atoms. The summed E-state index contributed by atoms with van der Waals surface area (Å²) in [5.74, 6) is 0. The number of H-pyrrole nitrogens is 1. The van der Waals surface area contributed by atoms with Gasteiger partial charge in [0.1, 0.15) is 11.2 Å². The number of amides is 1. The predicted molar refractivity (Wildman–Crippen MR) is 75.5 cm³/mol. The van der Waals surface area contributed by atoms with Crippen molar-refractivity contribution in [2.24, 2.45) is 0 Å². The van der Waals surface area contributed by atoms with E-state index < -0.39 is 5.60 Å². The van der Waals surface area contributed by atoms with Crippen molar-refractivity contribution in [3.8, 4) is 0 Å². The molecule has 0 unspecified atom stereocenters. The van der Waals surface area contributed by atoms with Gasteiger partial charge in [0.05, 0.1) is 5.69 Å². The molecule has 0 fully saturated rings. The van der Waals surface area contributed by atoms with Gasteiger partial charge in [-0.3, -0.25) is 4.90 Å². The summed E-state index contributed by atoms with van der Waals surface area (Å²) in [7, 11) is 1.69. The van der Waals surface area contributed by atoms with Gasteiger partial charge in [0.25, 0.3) is 0 Å². The maximum atomic E-state index is 12.1. The Labute approximate surface area is 112 Å². The highest BCUT2D eigenvalue weighted by molar-refractivity contribution is 5.99. The number of aryl methyl sites for hydroxylation is 1. The fourth-order valence-corrected chi connectivity index (χ4v) is 1.80. The number of carbonyl (C=O) groups is 1. The van der Waals surface area contributed by atoms with E-state index in [9.17, 15) is 4.79 Å². The zero-order chi connectivity index (χ0) is 14.2. The number of ether oxygens (including phenoxy) is 1. The van der Waals surface area contributed by atoms with E-state index in [0.717, 1.165) is 22.3 Å². The van der Waals surface area contributed by atoms with E-state index in [1.54, 1.807) is 19.4 Å². The number of aromatic nitrogens is 2. The van der Waals surface area contributed by atoms with Crippen molar-refractivity contribution in [2.75, 3.05) is 11.9 Å². The summed E-state index contributed by atoms with van der Waals surface area (Å²) >= 11 is 0. The molecule has 2 rings (SSSR count). The van der Waals surface area contributed by atoms with E-state index in [-0.39, 0.29) is 6.09 Å². The SMILES string of the molecule is Cc1cnc2[nH]cc(N(C)C(=O)OC(C)(C)C)c2c1. The largest absolute Gasteiger partial charge is 0.443 e. The molecule has 19 heavy (non-hydrogen) atoms. The van der Waals surface area contributed by atoms with Gasteiger partial charge in [0, 0.05) is 24.8 Å². The lowest BCUT2D eigenvalue weighted by molar-refractivity contribution is 0.0590. The normalized spacial score (nSPS) is 11.6. The van der Waals surface area contributed by atoms with E-state index in [0.29, 0.717) is 0 Å². The van der Waals surface area contributed by atoms with Crippen LogP contribution in [0.4, 0.5) is 10.5 Å². The summed E-state index contributed by atoms with van der Waals surface area (Å²) < 4.78 is 5.36. The van der Waals surface area contributed by atoms with Crippen LogP contribution in [0.2, 0.25) is 0 Å². The van der Waals surface area contributed by atoms with Crippen LogP contribution in [-0.2, 0) is 4.74 Å². The van der Waals surface area contributed by atoms with Gasteiger partial charge in [0.15, 0.2) is 0 Å². The lowest BCUT2D eigenvalue weighted by Gasteiger charge is -2.24. The second-order valence-electron chi connectivity index (χ2n) is 5.62. The van der Waals surface area contributed by atoms with Crippen LogP contribution in [0.3, 0.4) is 0 Å². The van der Waals surface area contributed by atoms with Gasteiger partial charge in [-0.1, -0.05) is 0 Å². The monoisotopic (exact) mass is 261 g/mol. The van der Waals surface area contributed by atoms with Crippen molar-refractivity contribution in [1.29, 1.82) is 0 Å². The molecule has 2 aromatic heterocycles. The molecule has 102 valence electrons. The third kappa shape index (κ3) is 2.86. The van der Waals surface area contributed by atoms with Gasteiger partial charge < -0.3 is 9.72 Å². The van der Waals surface area contributed by atoms with Gasteiger partial charge >= 0.3 is 6.09 Å². The van der Waals surface area contributed by atoms with Crippen LogP contribution in [0.5, 0.6) is 0 Å². The highest BCUT2D eigenvalue weighted by Gasteiger charge is 2.22. The average molecular weight is 261 g/mol. The van der Waals surface area contributed by atoms with Crippen LogP contribution in [0, 0.1) is 6.92 Å². The lowest BCUT2D eigenvalue weighted by atomic mass is 10.2. The summed E-state index contributed by atoms with van der Waals surface area (Å²) in [5, 5.41) is 0.911. The number of carbonyl (C=O) groups excluding carboxylic acids is 1. The predicted octanol–water partition coefficient (Wildman–Crippen LogP) is 3.24. The third-order valence-electron chi connectivity index (χ3n) is 2.67. The van der Waals surface area contributed by atoms with Crippen molar-refractivity contribution in [1.82, 2.24) is 9.97 Å². The number of nitrogens with one attached hydrogen (secondary N) is 1. The number of hydrogen-bond acceptors (Lipinski definition) is 3. The van der Waals surface area contributed by atoms with Crippen LogP contribution in [0.1, 0.15) is 26.3 Å². The second-order valence-corrected chi connectivity index (χ2v) is 5.62. The zero-order valence-electron chi connectivity index (χ0n) is 11.9. The van der Waals surface area contributed by atoms with Gasteiger partial charge in [-0.2, -0.15) is 0 Å². The molecule has 0 aliphatic carbocycles. The molecule has 5 heteroatoms. The first-order valence-electron chi connectivity index (χ1n) is 6.18. The number of pyridine rings is 1. The fraction of sp³-hybridized carbons (Fsp3) is 0.429. The van der Waals surface area contributed by atoms with Crippen LogP contribution in [0.15, 0.2) is 18.5 Å². The molecular formula is C14H19N3O2. The Kier molecular flexibility index (Phi) is 3.22. The molecule has 1 amide bonds. The average Bonchev–Trinajstić information content (AvgIpc) is 2.68. The van der Waals surface area contributed by atoms with Crippen LogP contribution >= 0.6 is 0 Å². The van der Waals surface area contributed by atoms with Crippen LogP contribution in [-0.4, -0.2) is 28.7 Å². The first-order chi connectivity index (χ1) is 8.78. The summed E-state index contributed by atoms with van der Waals surface area (Å²) in [5.41, 5.74) is 2.06. The van der Waals surface area contributed by atoms with Crippen LogP contribution < -0.4 is 4.90 Å². The first kappa shape index (κ1) is 13.4. The topological polar surface area (TPSA) is 58.2 Å². The summed E-state index contributed by atoms with van der Waals surface area (Å²) in [6.45, 7) is 7.51. The third-order valence-corrected chi connectivity index (χ3v) is 2.67. The van der Waals surface area contributed by atoms with Crippen LogP contribution in [0.25, 0.3) is 11.0 Å². The van der Waals surface area contributed by atoms with Crippen molar-refractivity contribution < 1.29 is 9.53 Å². The highest BCUT2D eigenvalue weighted by atomic mass is 16.6. The molecule has 0 atom stereocenters. The van der Waals surface area contributed by atoms with E-state index >= 15 is 0 Å². The fourth-order valence-electron chi connectivity index (χ4n) is 1.80. The molecule has 5 nitrogen and oxygen atoms in total. The Bertz CT molecular complexity index is 611. The highest BCUT2D eigenvalue weighted by Crippen LogP contribution is 2.26. The molecule has 0 radical (unpaired) electrons. The number of aromatic amines is 1. The molecule has 0 saturated heterocycles. The van der Waals surface area contributed by atoms with Gasteiger partial charge in [-0.25, -0.2) is 9.78 Å². The summed E-state index contributed by atoms with van der Waals surface area (Å²) in [6.07, 6.45) is 3.17. The maximum Gasteiger partial charge on any atom is 0.414 e. The molecule has 0 bridgehead atoms. The number of hydrogen-bond donors (Lipinski definition) is 1. The Balaban J connectivity index is 2.33. The number of fused-ring (bicyclic) bond motifs is 1. The number of anilines is 1. The second kappa shape index (κ2) is 4.57. The Morgan fingerprint density at radius 2 is 2.11 bits per heavy atom. The molecule has 0 aliphatic rings. The van der Waals surface area contributed by atoms with E-state index in [4.69, 9.17) is 4.74 Å². The molecule has 0 aromatic carbocycles. The van der Waals surface area contributed by atoms with E-state index in [1.807, 2.05) is 33.8 Å². The summed E-state index contributed by atoms with van der Waals surface area (Å²) in [6, 6.07) is 2.00. The number of rotatable bonds is 1. The molecular weight excluding hydrogens is 242 g/mol. The van der Waals surface area contributed by atoms with E-state index in [1.165, 1.54) is 4.90 Å². The van der Waals surface area contributed by atoms with Gasteiger partial charge in [-0.15, -0.1) is 0 Å². The van der Waals surface area contributed by atoms with Crippen molar-refractivity contribution in [2.45, 2.75) is 33.3 Å². The molecule has 0 saturated carbocycles. The Morgan fingerprint density at radius 1 is 1.42 bits per heavy atom. The minimum Gasteiger partial charge on any atom is -0.443 e. The Morgan fingerprint density at radius 3 is 2.74 bits per heavy atom. The van der Waals surface area contributed by atoms with Crippen molar-refractivity contribution in [3.05, 3.63) is 24.0 Å². The zero-order valence-corrected chi connectivity index (χ0v) is 11.9. The van der Waals surface area contributed by atoms with Crippen molar-refractivity contribution in [3.63, 3.8) is 0 Å². The molecule has 0 aliphatic heterocycles. The maximum absolute atomic E-state index is 12.1. The minimum atomic E-state index is -0.508. The molecule has 2 heterocycles. The first-order valence-corrected chi connectivity index (χ1v) is 6.18. The molecule has 2 aromatic rings. The van der Waals surface area contributed by atoms with Gasteiger partial charge in [-0.05, 0) is 39.3 Å². The minimum absolute atomic E-state index is 0.380. The standard InChI is InChI=1S/C14H19N3O2/c1-9-6-10-11(8-16-12(10)15-7-9)17(5)13(18)19-14(2,3)4/h6-8H,1-5H3,(H,15,16). The number of nitrogens with zero attached hydrogens (tertiary/aromatic N) is 2. The smallest absolute Gasteiger partial charge is 0.414 e. The molecule has 1 N–H and O–H groups in total.